The predicted molar refractivity (Wildman–Crippen MR) is 95.6 cm³/mol. The number of carbonyl (C=O) groups is 1. The Morgan fingerprint density at radius 1 is 1.28 bits per heavy atom. The van der Waals surface area contributed by atoms with Crippen molar-refractivity contribution in [2.24, 2.45) is 7.05 Å². The fourth-order valence-electron chi connectivity index (χ4n) is 3.13. The van der Waals surface area contributed by atoms with Crippen LogP contribution in [0.25, 0.3) is 0 Å². The number of nitrogens with one attached hydrogen (secondary N) is 1. The molecule has 25 heavy (non-hydrogen) atoms. The predicted octanol–water partition coefficient (Wildman–Crippen LogP) is 0.638. The molecule has 7 heteroatoms. The molecule has 1 N–H and O–H groups in total. The smallest absolute Gasteiger partial charge is 0.234 e. The molecule has 0 radical (unpaired) electrons. The van der Waals surface area contributed by atoms with Crippen molar-refractivity contribution >= 4 is 5.91 Å². The van der Waals surface area contributed by atoms with Crippen LogP contribution >= 0.6 is 0 Å². The number of aryl methyl sites for hydroxylation is 1. The third-order valence-electron chi connectivity index (χ3n) is 4.67. The van der Waals surface area contributed by atoms with E-state index in [1.165, 1.54) is 0 Å². The number of imidazole rings is 1. The van der Waals surface area contributed by atoms with Crippen molar-refractivity contribution in [1.82, 2.24) is 29.7 Å². The van der Waals surface area contributed by atoms with Crippen LogP contribution in [0.5, 0.6) is 0 Å². The summed E-state index contributed by atoms with van der Waals surface area (Å²) in [5.41, 5.74) is 0.879. The Kier molecular flexibility index (Phi) is 5.78. The first-order valence-electron chi connectivity index (χ1n) is 8.71. The van der Waals surface area contributed by atoms with Gasteiger partial charge in [-0.3, -0.25) is 19.6 Å². The second-order valence-corrected chi connectivity index (χ2v) is 6.61. The van der Waals surface area contributed by atoms with E-state index < -0.39 is 0 Å². The molecule has 0 aliphatic carbocycles. The molecule has 3 rings (SSSR count). The first-order chi connectivity index (χ1) is 12.1. The highest BCUT2D eigenvalue weighted by Gasteiger charge is 2.25. The summed E-state index contributed by atoms with van der Waals surface area (Å²) in [4.78, 5) is 25.4. The lowest BCUT2D eigenvalue weighted by molar-refractivity contribution is -0.123. The van der Waals surface area contributed by atoms with E-state index in [0.717, 1.165) is 37.7 Å². The molecule has 1 atom stereocenters. The summed E-state index contributed by atoms with van der Waals surface area (Å²) in [6.07, 6.45) is 5.55. The van der Waals surface area contributed by atoms with Crippen LogP contribution in [0.4, 0.5) is 0 Å². The number of piperazine rings is 1. The third-order valence-corrected chi connectivity index (χ3v) is 4.67. The monoisotopic (exact) mass is 342 g/mol. The fourth-order valence-corrected chi connectivity index (χ4v) is 3.13. The van der Waals surface area contributed by atoms with Gasteiger partial charge in [0.25, 0.3) is 0 Å². The summed E-state index contributed by atoms with van der Waals surface area (Å²) in [6, 6.07) is 6.11. The van der Waals surface area contributed by atoms with Crippen molar-refractivity contribution in [2.45, 2.75) is 26.1 Å². The van der Waals surface area contributed by atoms with Crippen LogP contribution in [0.1, 0.15) is 18.4 Å². The second-order valence-electron chi connectivity index (χ2n) is 6.61. The van der Waals surface area contributed by atoms with Crippen LogP contribution in [-0.4, -0.2) is 62.5 Å². The van der Waals surface area contributed by atoms with Crippen molar-refractivity contribution in [3.8, 4) is 0 Å². The highest BCUT2D eigenvalue weighted by Crippen LogP contribution is 2.12. The summed E-state index contributed by atoms with van der Waals surface area (Å²) >= 11 is 0. The maximum atomic E-state index is 12.2. The topological polar surface area (TPSA) is 66.3 Å². The Balaban J connectivity index is 1.43. The van der Waals surface area contributed by atoms with E-state index in [9.17, 15) is 4.79 Å². The lowest BCUT2D eigenvalue weighted by atomic mass is 10.2. The Hall–Kier alpha value is -2.25. The van der Waals surface area contributed by atoms with Gasteiger partial charge in [0.05, 0.1) is 25.3 Å². The van der Waals surface area contributed by atoms with Crippen molar-refractivity contribution in [3.05, 3.63) is 48.3 Å². The summed E-state index contributed by atoms with van der Waals surface area (Å²) in [5.74, 6) is 1.13. The lowest BCUT2D eigenvalue weighted by Gasteiger charge is -2.39. The zero-order valence-electron chi connectivity index (χ0n) is 14.9. The highest BCUT2D eigenvalue weighted by molar-refractivity contribution is 5.77. The standard InChI is InChI=1S/C18H26N6O/c1-15-12-23(9-10-24(15)13-17-20-7-8-22(17)2)14-18(25)21-11-16-5-3-4-6-19-16/h3-8,15H,9-14H2,1-2H3,(H,21,25)/t15-/m0/s1. The van der Waals surface area contributed by atoms with E-state index in [-0.39, 0.29) is 5.91 Å². The SMILES string of the molecule is C[C@H]1CN(CC(=O)NCc2ccccn2)CCN1Cc1nccn1C. The largest absolute Gasteiger partial charge is 0.349 e. The molecule has 0 saturated carbocycles. The highest BCUT2D eigenvalue weighted by atomic mass is 16.2. The van der Waals surface area contributed by atoms with E-state index in [1.807, 2.05) is 37.6 Å². The molecule has 3 heterocycles. The molecule has 1 amide bonds. The minimum absolute atomic E-state index is 0.0513. The van der Waals surface area contributed by atoms with Crippen LogP contribution in [0.2, 0.25) is 0 Å². The van der Waals surface area contributed by atoms with Gasteiger partial charge in [0.2, 0.25) is 5.91 Å². The average molecular weight is 342 g/mol. The molecule has 1 aliphatic heterocycles. The minimum atomic E-state index is 0.0513. The molecule has 0 unspecified atom stereocenters. The number of carbonyl (C=O) groups excluding carboxylic acids is 1. The number of pyridine rings is 1. The molecule has 1 fully saturated rings. The number of rotatable bonds is 6. The van der Waals surface area contributed by atoms with E-state index in [0.29, 0.717) is 19.1 Å². The van der Waals surface area contributed by atoms with Crippen LogP contribution in [0, 0.1) is 0 Å². The van der Waals surface area contributed by atoms with Gasteiger partial charge in [0, 0.05) is 51.3 Å². The Bertz CT molecular complexity index is 686. The molecular formula is C18H26N6O. The third kappa shape index (κ3) is 4.87. The number of amides is 1. The van der Waals surface area contributed by atoms with Crippen molar-refractivity contribution < 1.29 is 4.79 Å². The number of hydrogen-bond acceptors (Lipinski definition) is 5. The van der Waals surface area contributed by atoms with Gasteiger partial charge in [-0.2, -0.15) is 0 Å². The number of nitrogens with zero attached hydrogens (tertiary/aromatic N) is 5. The normalized spacial score (nSPS) is 19.0. The molecule has 2 aromatic rings. The summed E-state index contributed by atoms with van der Waals surface area (Å²) < 4.78 is 2.06. The first-order valence-corrected chi connectivity index (χ1v) is 8.71. The van der Waals surface area contributed by atoms with Gasteiger partial charge in [0.1, 0.15) is 5.82 Å². The molecule has 0 aromatic carbocycles. The van der Waals surface area contributed by atoms with Crippen molar-refractivity contribution in [3.63, 3.8) is 0 Å². The van der Waals surface area contributed by atoms with Crippen molar-refractivity contribution in [2.75, 3.05) is 26.2 Å². The fraction of sp³-hybridized carbons (Fsp3) is 0.500. The second kappa shape index (κ2) is 8.22. The Labute approximate surface area is 148 Å². The van der Waals surface area contributed by atoms with E-state index in [1.54, 1.807) is 6.20 Å². The quantitative estimate of drug-likeness (QED) is 0.834. The maximum absolute atomic E-state index is 12.2. The van der Waals surface area contributed by atoms with E-state index >= 15 is 0 Å². The van der Waals surface area contributed by atoms with E-state index in [2.05, 4.69) is 36.6 Å². The van der Waals surface area contributed by atoms with Crippen LogP contribution in [0.3, 0.4) is 0 Å². The summed E-state index contributed by atoms with van der Waals surface area (Å²) in [5, 5.41) is 2.95. The summed E-state index contributed by atoms with van der Waals surface area (Å²) in [7, 11) is 2.02. The van der Waals surface area contributed by atoms with Gasteiger partial charge in [-0.15, -0.1) is 0 Å². The summed E-state index contributed by atoms with van der Waals surface area (Å²) in [6.45, 7) is 6.71. The van der Waals surface area contributed by atoms with Gasteiger partial charge >= 0.3 is 0 Å². The number of hydrogen-bond donors (Lipinski definition) is 1. The zero-order chi connectivity index (χ0) is 17.6. The maximum Gasteiger partial charge on any atom is 0.234 e. The minimum Gasteiger partial charge on any atom is -0.349 e. The van der Waals surface area contributed by atoms with Gasteiger partial charge < -0.3 is 9.88 Å². The molecule has 0 spiro atoms. The van der Waals surface area contributed by atoms with E-state index in [4.69, 9.17) is 0 Å². The van der Waals surface area contributed by atoms with Crippen molar-refractivity contribution in [1.29, 1.82) is 0 Å². The molecular weight excluding hydrogens is 316 g/mol. The molecule has 1 saturated heterocycles. The molecule has 0 bridgehead atoms. The Morgan fingerprint density at radius 3 is 2.84 bits per heavy atom. The zero-order valence-corrected chi connectivity index (χ0v) is 14.9. The van der Waals surface area contributed by atoms with Gasteiger partial charge in [0.15, 0.2) is 0 Å². The van der Waals surface area contributed by atoms with Crippen LogP contribution in [0.15, 0.2) is 36.8 Å². The molecule has 134 valence electrons. The number of aromatic nitrogens is 3. The van der Waals surface area contributed by atoms with Gasteiger partial charge in [-0.25, -0.2) is 4.98 Å². The first kappa shape index (κ1) is 17.6. The van der Waals surface area contributed by atoms with Gasteiger partial charge in [-0.1, -0.05) is 6.07 Å². The van der Waals surface area contributed by atoms with Crippen LogP contribution < -0.4 is 5.32 Å². The lowest BCUT2D eigenvalue weighted by Crippen LogP contribution is -2.53. The van der Waals surface area contributed by atoms with Crippen LogP contribution in [-0.2, 0) is 24.9 Å². The average Bonchev–Trinajstić information content (AvgIpc) is 3.01. The molecule has 7 nitrogen and oxygen atoms in total. The Morgan fingerprint density at radius 2 is 2.16 bits per heavy atom. The van der Waals surface area contributed by atoms with Gasteiger partial charge in [-0.05, 0) is 19.1 Å². The molecule has 2 aromatic heterocycles. The molecule has 1 aliphatic rings.